The van der Waals surface area contributed by atoms with E-state index in [1.807, 2.05) is 0 Å². The highest BCUT2D eigenvalue weighted by Crippen LogP contribution is 2.38. The molecule has 0 aliphatic carbocycles. The van der Waals surface area contributed by atoms with Crippen LogP contribution < -0.4 is 10.6 Å². The van der Waals surface area contributed by atoms with Gasteiger partial charge in [-0.25, -0.2) is 26.8 Å². The predicted molar refractivity (Wildman–Crippen MR) is 165 cm³/mol. The molecule has 2 aliphatic rings. The van der Waals surface area contributed by atoms with Crippen LogP contribution in [0.4, 0.5) is 11.6 Å². The maximum atomic E-state index is 12.5. The third kappa shape index (κ3) is 5.70. The van der Waals surface area contributed by atoms with Gasteiger partial charge in [0, 0.05) is 32.1 Å². The Balaban J connectivity index is 0.000000178. The van der Waals surface area contributed by atoms with E-state index in [2.05, 4.69) is 20.6 Å². The lowest BCUT2D eigenvalue weighted by molar-refractivity contribution is -0.114. The second-order valence-electron chi connectivity index (χ2n) is 9.29. The molecule has 0 saturated heterocycles. The summed E-state index contributed by atoms with van der Waals surface area (Å²) in [5, 5.41) is 27.1. The second kappa shape index (κ2) is 12.0. The van der Waals surface area contributed by atoms with Crippen LogP contribution in [-0.4, -0.2) is 71.5 Å². The molecule has 17 heteroatoms. The zero-order valence-corrected chi connectivity index (χ0v) is 25.9. The van der Waals surface area contributed by atoms with Crippen LogP contribution in [0.3, 0.4) is 0 Å². The Morgan fingerprint density at radius 2 is 1.18 bits per heavy atom. The molecule has 14 nitrogen and oxygen atoms in total. The number of carbonyl (C=O) groups is 2. The van der Waals surface area contributed by atoms with Gasteiger partial charge in [0.05, 0.1) is 9.77 Å². The number of hydrogen-bond acceptors (Lipinski definition) is 11. The van der Waals surface area contributed by atoms with Crippen molar-refractivity contribution in [1.82, 2.24) is 18.6 Å². The largest absolute Gasteiger partial charge is 0.505 e. The quantitative estimate of drug-likeness (QED) is 0.250. The molecule has 3 aromatic heterocycles. The molecule has 45 heavy (non-hydrogen) atoms. The zero-order chi connectivity index (χ0) is 32.5. The molecular weight excluding hydrogens is 645 g/mol. The third-order valence-corrected chi connectivity index (χ3v) is 11.3. The Bertz CT molecular complexity index is 2080. The Labute approximate surface area is 261 Å². The number of amides is 2. The maximum absolute atomic E-state index is 12.5. The van der Waals surface area contributed by atoms with Gasteiger partial charge in [-0.2, -0.15) is 0 Å². The standard InChI is InChI=1S/C15H13N3O4S.C13H11N3O4S2/c1-18-13(15(20)17-12-8-4-5-9-16-12)14(19)10-6-2-3-7-11(10)23(18,21)22;1-16-10(13(18)15-9-4-2-3-6-14-9)11(17)12-8(5-7-21-12)22(16,19)20/h2-9,19H,1H3,(H,16,17,20);2-7,17H,1H3,(H,14,15,18). The molecule has 0 spiro atoms. The number of aliphatic hydroxyl groups excluding tert-OH is 2. The maximum Gasteiger partial charge on any atom is 0.278 e. The van der Waals surface area contributed by atoms with Gasteiger partial charge < -0.3 is 20.8 Å². The summed E-state index contributed by atoms with van der Waals surface area (Å²) in [5.41, 5.74) is -0.591. The SMILES string of the molecule is CN1C(C(=O)Nc2ccccn2)=C(O)c2ccccc2S1(=O)=O.CN1C(C(=O)Nc2ccccn2)=C(O)c2sccc2S1(=O)=O. The van der Waals surface area contributed by atoms with Crippen molar-refractivity contribution in [2.75, 3.05) is 24.7 Å². The van der Waals surface area contributed by atoms with E-state index in [-0.39, 0.29) is 49.0 Å². The van der Waals surface area contributed by atoms with Crippen LogP contribution in [-0.2, 0) is 29.6 Å². The number of anilines is 2. The average Bonchev–Trinajstić information content (AvgIpc) is 3.53. The average molecular weight is 669 g/mol. The van der Waals surface area contributed by atoms with Gasteiger partial charge in [-0.15, -0.1) is 11.3 Å². The molecule has 0 unspecified atom stereocenters. The lowest BCUT2D eigenvalue weighted by Crippen LogP contribution is -2.37. The van der Waals surface area contributed by atoms with Crippen molar-refractivity contribution in [2.45, 2.75) is 9.79 Å². The van der Waals surface area contributed by atoms with Gasteiger partial charge in [-0.1, -0.05) is 24.3 Å². The summed E-state index contributed by atoms with van der Waals surface area (Å²) in [6.45, 7) is 0. The number of aliphatic hydroxyl groups is 2. The summed E-state index contributed by atoms with van der Waals surface area (Å²) in [6, 6.07) is 17.2. The van der Waals surface area contributed by atoms with E-state index in [1.165, 1.54) is 44.7 Å². The van der Waals surface area contributed by atoms with Crippen LogP contribution in [0.15, 0.2) is 106 Å². The first-order valence-electron chi connectivity index (χ1n) is 12.8. The highest BCUT2D eigenvalue weighted by atomic mass is 32.2. The van der Waals surface area contributed by atoms with Crippen LogP contribution >= 0.6 is 11.3 Å². The minimum absolute atomic E-state index is 0.00751. The van der Waals surface area contributed by atoms with Crippen molar-refractivity contribution in [3.05, 3.63) is 106 Å². The minimum atomic E-state index is -3.91. The number of thiophene rings is 1. The Morgan fingerprint density at radius 1 is 0.689 bits per heavy atom. The Hall–Kier alpha value is -5.26. The summed E-state index contributed by atoms with van der Waals surface area (Å²) >= 11 is 1.06. The normalized spacial score (nSPS) is 16.1. The van der Waals surface area contributed by atoms with Gasteiger partial charge in [-0.05, 0) is 47.8 Å². The number of likely N-dealkylation sites (N-methyl/N-ethyl adjacent to an activating group) is 2. The lowest BCUT2D eigenvalue weighted by atomic mass is 10.1. The van der Waals surface area contributed by atoms with E-state index in [0.717, 1.165) is 19.9 Å². The fourth-order valence-corrected chi connectivity index (χ4v) is 8.31. The van der Waals surface area contributed by atoms with Crippen molar-refractivity contribution >= 4 is 66.4 Å². The first-order valence-corrected chi connectivity index (χ1v) is 16.6. The first kappa shape index (κ1) is 31.2. The summed E-state index contributed by atoms with van der Waals surface area (Å²) in [7, 11) is -5.32. The smallest absolute Gasteiger partial charge is 0.278 e. The molecular formula is C28H24N6O8S3. The van der Waals surface area contributed by atoms with E-state index in [0.29, 0.717) is 0 Å². The van der Waals surface area contributed by atoms with Gasteiger partial charge in [0.15, 0.2) is 22.9 Å². The molecule has 232 valence electrons. The predicted octanol–water partition coefficient (Wildman–Crippen LogP) is 3.22. The Kier molecular flexibility index (Phi) is 8.33. The number of sulfonamides is 2. The van der Waals surface area contributed by atoms with Crippen LogP contribution in [0.25, 0.3) is 11.5 Å². The third-order valence-electron chi connectivity index (χ3n) is 6.58. The molecule has 4 N–H and O–H groups in total. The van der Waals surface area contributed by atoms with Crippen molar-refractivity contribution < 1.29 is 36.6 Å². The molecule has 5 heterocycles. The van der Waals surface area contributed by atoms with Gasteiger partial charge in [0.1, 0.15) is 16.5 Å². The molecule has 2 aliphatic heterocycles. The fraction of sp³-hybridized carbons (Fsp3) is 0.0714. The van der Waals surface area contributed by atoms with E-state index < -0.39 is 37.6 Å². The number of rotatable bonds is 4. The van der Waals surface area contributed by atoms with Gasteiger partial charge >= 0.3 is 0 Å². The number of carbonyl (C=O) groups excluding carboxylic acids is 2. The number of nitrogens with one attached hydrogen (secondary N) is 2. The molecule has 0 bridgehead atoms. The van der Waals surface area contributed by atoms with Crippen molar-refractivity contribution in [1.29, 1.82) is 0 Å². The Morgan fingerprint density at radius 3 is 1.71 bits per heavy atom. The highest BCUT2D eigenvalue weighted by molar-refractivity contribution is 7.89. The molecule has 2 amide bonds. The van der Waals surface area contributed by atoms with E-state index >= 15 is 0 Å². The van der Waals surface area contributed by atoms with E-state index in [4.69, 9.17) is 0 Å². The summed E-state index contributed by atoms with van der Waals surface area (Å²) in [5.74, 6) is -1.76. The minimum Gasteiger partial charge on any atom is -0.505 e. The first-order chi connectivity index (χ1) is 21.4. The number of benzene rings is 1. The van der Waals surface area contributed by atoms with Gasteiger partial charge in [0.25, 0.3) is 31.9 Å². The molecule has 0 fully saturated rings. The molecule has 0 atom stereocenters. The van der Waals surface area contributed by atoms with Crippen molar-refractivity contribution in [3.63, 3.8) is 0 Å². The van der Waals surface area contributed by atoms with Gasteiger partial charge in [0.2, 0.25) is 0 Å². The number of pyridine rings is 2. The zero-order valence-electron chi connectivity index (χ0n) is 23.4. The molecule has 4 aromatic rings. The van der Waals surface area contributed by atoms with Crippen LogP contribution in [0.5, 0.6) is 0 Å². The number of hydrogen-bond donors (Lipinski definition) is 4. The van der Waals surface area contributed by atoms with Crippen LogP contribution in [0.2, 0.25) is 0 Å². The number of nitrogens with zero attached hydrogens (tertiary/aromatic N) is 4. The topological polar surface area (TPSA) is 199 Å². The van der Waals surface area contributed by atoms with E-state index in [9.17, 15) is 36.6 Å². The second-order valence-corrected chi connectivity index (χ2v) is 14.1. The van der Waals surface area contributed by atoms with Crippen molar-refractivity contribution in [3.8, 4) is 0 Å². The lowest BCUT2D eigenvalue weighted by Gasteiger charge is -2.28. The monoisotopic (exact) mass is 668 g/mol. The molecule has 0 saturated carbocycles. The number of aromatic nitrogens is 2. The summed E-state index contributed by atoms with van der Waals surface area (Å²) in [6.07, 6.45) is 2.98. The summed E-state index contributed by atoms with van der Waals surface area (Å²) < 4.78 is 51.3. The summed E-state index contributed by atoms with van der Waals surface area (Å²) in [4.78, 5) is 32.7. The van der Waals surface area contributed by atoms with Crippen LogP contribution in [0, 0.1) is 0 Å². The molecule has 6 rings (SSSR count). The molecule has 0 radical (unpaired) electrons. The number of fused-ring (bicyclic) bond motifs is 2. The van der Waals surface area contributed by atoms with Gasteiger partial charge in [-0.3, -0.25) is 18.2 Å². The van der Waals surface area contributed by atoms with Crippen molar-refractivity contribution in [2.24, 2.45) is 0 Å². The van der Waals surface area contributed by atoms with Crippen LogP contribution in [0.1, 0.15) is 10.4 Å². The highest BCUT2D eigenvalue weighted by Gasteiger charge is 2.39. The fourth-order valence-electron chi connectivity index (χ4n) is 4.35. The van der Waals surface area contributed by atoms with E-state index in [1.54, 1.807) is 53.9 Å². The molecule has 1 aromatic carbocycles.